The van der Waals surface area contributed by atoms with Gasteiger partial charge in [0.05, 0.1) is 0 Å². The summed E-state index contributed by atoms with van der Waals surface area (Å²) in [6, 6.07) is 1.23. The Bertz CT molecular complexity index is 309. The van der Waals surface area contributed by atoms with E-state index in [2.05, 4.69) is 7.05 Å². The summed E-state index contributed by atoms with van der Waals surface area (Å²) in [6.07, 6.45) is 1.31. The summed E-state index contributed by atoms with van der Waals surface area (Å²) in [6.45, 7) is 0. The summed E-state index contributed by atoms with van der Waals surface area (Å²) in [5, 5.41) is 0. The summed E-state index contributed by atoms with van der Waals surface area (Å²) < 4.78 is 1.04. The molecule has 4 nitrogen and oxygen atoms in total. The Kier molecular flexibility index (Phi) is 1.22. The van der Waals surface area contributed by atoms with Crippen molar-refractivity contribution in [2.24, 2.45) is 0 Å². The molecule has 4 heteroatoms. The van der Waals surface area contributed by atoms with Gasteiger partial charge in [-0.05, 0) is 0 Å². The van der Waals surface area contributed by atoms with E-state index in [1.807, 2.05) is 4.98 Å². The molecule has 1 aromatic rings. The van der Waals surface area contributed by atoms with Gasteiger partial charge in [0, 0.05) is 19.3 Å². The molecular weight excluding hydrogens is 120 g/mol. The van der Waals surface area contributed by atoms with Crippen molar-refractivity contribution in [2.75, 3.05) is 0 Å². The van der Waals surface area contributed by atoms with E-state index in [0.717, 1.165) is 4.57 Å². The molecule has 0 atom stereocenters. The van der Waals surface area contributed by atoms with E-state index in [1.54, 1.807) is 0 Å². The number of hydrogen-bond acceptors (Lipinski definition) is 2. The van der Waals surface area contributed by atoms with Gasteiger partial charge in [-0.3, -0.25) is 14.3 Å². The number of aromatic nitrogens is 2. The van der Waals surface area contributed by atoms with Crippen molar-refractivity contribution in [3.8, 4) is 0 Å². The zero-order chi connectivity index (χ0) is 6.85. The molecule has 0 bridgehead atoms. The second-order valence-electron chi connectivity index (χ2n) is 1.58. The second kappa shape index (κ2) is 1.89. The van der Waals surface area contributed by atoms with Gasteiger partial charge in [0.2, 0.25) is 0 Å². The highest BCUT2D eigenvalue weighted by Gasteiger charge is 1.85. The fraction of sp³-hybridized carbons (Fsp3) is 0. The molecule has 1 N–H and O–H groups in total. The first-order valence-electron chi connectivity index (χ1n) is 2.33. The van der Waals surface area contributed by atoms with Gasteiger partial charge >= 0.3 is 5.69 Å². The third-order valence-corrected chi connectivity index (χ3v) is 0.897. The molecule has 0 aliphatic carbocycles. The highest BCUT2D eigenvalue weighted by molar-refractivity contribution is 4.82. The number of H-pyrrole nitrogens is 1. The average Bonchev–Trinajstić information content (AvgIpc) is 1.80. The van der Waals surface area contributed by atoms with E-state index in [1.165, 1.54) is 12.3 Å². The molecule has 1 heterocycles. The number of aromatic amines is 1. The first-order chi connectivity index (χ1) is 4.20. The van der Waals surface area contributed by atoms with Crippen LogP contribution in [0.4, 0.5) is 0 Å². The topological polar surface area (TPSA) is 54.9 Å². The predicted molar refractivity (Wildman–Crippen MR) is 32.1 cm³/mol. The van der Waals surface area contributed by atoms with E-state index in [9.17, 15) is 9.59 Å². The molecule has 0 saturated carbocycles. The molecule has 1 radical (unpaired) electrons. The van der Waals surface area contributed by atoms with Gasteiger partial charge in [0.15, 0.2) is 0 Å². The molecule has 0 aromatic carbocycles. The van der Waals surface area contributed by atoms with Crippen molar-refractivity contribution in [1.29, 1.82) is 0 Å². The number of nitrogens with zero attached hydrogens (tertiary/aromatic N) is 1. The van der Waals surface area contributed by atoms with Crippen molar-refractivity contribution in [1.82, 2.24) is 9.55 Å². The minimum atomic E-state index is -0.498. The zero-order valence-corrected chi connectivity index (χ0v) is 4.63. The molecule has 0 unspecified atom stereocenters. The summed E-state index contributed by atoms with van der Waals surface area (Å²) in [5.41, 5.74) is -0.901. The van der Waals surface area contributed by atoms with Gasteiger partial charge in [0.25, 0.3) is 5.56 Å². The second-order valence-corrected chi connectivity index (χ2v) is 1.58. The lowest BCUT2D eigenvalue weighted by Crippen LogP contribution is -2.25. The van der Waals surface area contributed by atoms with Gasteiger partial charge in [0.1, 0.15) is 0 Å². The smallest absolute Gasteiger partial charge is 0.299 e. The Balaban J connectivity index is 3.52. The van der Waals surface area contributed by atoms with E-state index >= 15 is 0 Å². The van der Waals surface area contributed by atoms with Crippen LogP contribution in [0.5, 0.6) is 0 Å². The quantitative estimate of drug-likeness (QED) is 0.492. The van der Waals surface area contributed by atoms with Crippen LogP contribution in [-0.2, 0) is 0 Å². The first kappa shape index (κ1) is 5.81. The van der Waals surface area contributed by atoms with Crippen LogP contribution in [0, 0.1) is 7.05 Å². The summed E-state index contributed by atoms with van der Waals surface area (Å²) >= 11 is 0. The normalized spacial score (nSPS) is 9.44. The molecule has 1 rings (SSSR count). The summed E-state index contributed by atoms with van der Waals surface area (Å²) in [5.74, 6) is 0. The van der Waals surface area contributed by atoms with Crippen LogP contribution in [-0.4, -0.2) is 9.55 Å². The molecule has 0 aliphatic heterocycles. The lowest BCUT2D eigenvalue weighted by molar-refractivity contribution is 0.894. The van der Waals surface area contributed by atoms with Crippen LogP contribution in [0.15, 0.2) is 21.9 Å². The Labute approximate surface area is 50.8 Å². The first-order valence-corrected chi connectivity index (χ1v) is 2.33. The molecule has 1 aromatic heterocycles. The third-order valence-electron chi connectivity index (χ3n) is 0.897. The van der Waals surface area contributed by atoms with E-state index in [0.29, 0.717) is 0 Å². The summed E-state index contributed by atoms with van der Waals surface area (Å²) in [7, 11) is 3.30. The number of hydrogen-bond donors (Lipinski definition) is 1. The van der Waals surface area contributed by atoms with Gasteiger partial charge in [-0.25, -0.2) is 4.79 Å². The predicted octanol–water partition coefficient (Wildman–Crippen LogP) is -0.824. The summed E-state index contributed by atoms with van der Waals surface area (Å²) in [4.78, 5) is 22.9. The molecule has 47 valence electrons. The van der Waals surface area contributed by atoms with Crippen LogP contribution in [0.2, 0.25) is 0 Å². The Morgan fingerprint density at radius 2 is 2.22 bits per heavy atom. The van der Waals surface area contributed by atoms with Gasteiger partial charge in [-0.1, -0.05) is 0 Å². The largest absolute Gasteiger partial charge is 0.328 e. The Morgan fingerprint density at radius 3 is 2.67 bits per heavy atom. The molecule has 0 fully saturated rings. The molecule has 0 spiro atoms. The van der Waals surface area contributed by atoms with Crippen molar-refractivity contribution < 1.29 is 0 Å². The zero-order valence-electron chi connectivity index (χ0n) is 4.63. The standard InChI is InChI=1S/C5H5N2O2/c1-7-3-2-4(8)6-5(7)9/h2-3H,1H2,(H,6,8,9). The molecular formula is C5H5N2O2. The SMILES string of the molecule is [CH2]n1ccc(=O)[nH]c1=O. The monoisotopic (exact) mass is 125 g/mol. The maximum atomic E-state index is 10.5. The lowest BCUT2D eigenvalue weighted by atomic mass is 10.6. The van der Waals surface area contributed by atoms with Crippen molar-refractivity contribution in [3.05, 3.63) is 40.1 Å². The fourth-order valence-corrected chi connectivity index (χ4v) is 0.444. The maximum Gasteiger partial charge on any atom is 0.328 e. The van der Waals surface area contributed by atoms with Crippen molar-refractivity contribution in [3.63, 3.8) is 0 Å². The molecule has 0 saturated heterocycles. The van der Waals surface area contributed by atoms with Crippen LogP contribution in [0.25, 0.3) is 0 Å². The van der Waals surface area contributed by atoms with E-state index in [4.69, 9.17) is 0 Å². The van der Waals surface area contributed by atoms with E-state index in [-0.39, 0.29) is 0 Å². The Hall–Kier alpha value is -1.32. The van der Waals surface area contributed by atoms with Crippen LogP contribution < -0.4 is 11.2 Å². The fourth-order valence-electron chi connectivity index (χ4n) is 0.444. The third kappa shape index (κ3) is 1.07. The average molecular weight is 125 g/mol. The van der Waals surface area contributed by atoms with Crippen LogP contribution >= 0.6 is 0 Å². The molecule has 9 heavy (non-hydrogen) atoms. The van der Waals surface area contributed by atoms with Crippen molar-refractivity contribution in [2.45, 2.75) is 0 Å². The van der Waals surface area contributed by atoms with Crippen LogP contribution in [0.3, 0.4) is 0 Å². The number of rotatable bonds is 0. The minimum absolute atomic E-state index is 0.403. The Morgan fingerprint density at radius 1 is 1.56 bits per heavy atom. The van der Waals surface area contributed by atoms with Crippen LogP contribution in [0.1, 0.15) is 0 Å². The number of nitrogens with one attached hydrogen (secondary N) is 1. The highest BCUT2D eigenvalue weighted by Crippen LogP contribution is 1.63. The molecule has 0 aliphatic rings. The highest BCUT2D eigenvalue weighted by atomic mass is 16.2. The van der Waals surface area contributed by atoms with Gasteiger partial charge < -0.3 is 0 Å². The van der Waals surface area contributed by atoms with E-state index < -0.39 is 11.2 Å². The minimum Gasteiger partial charge on any atom is -0.299 e. The lowest BCUT2D eigenvalue weighted by Gasteiger charge is -1.88. The van der Waals surface area contributed by atoms with Gasteiger partial charge in [-0.2, -0.15) is 0 Å². The maximum absolute atomic E-state index is 10.5. The van der Waals surface area contributed by atoms with Crippen molar-refractivity contribution >= 4 is 0 Å². The van der Waals surface area contributed by atoms with Gasteiger partial charge in [-0.15, -0.1) is 0 Å². The molecule has 0 amide bonds.